The SMILES string of the molecule is COc1ccc(-c2cc(CC(=O)O)nn2-c2ccccn2)cc1. The summed E-state index contributed by atoms with van der Waals surface area (Å²) in [7, 11) is 1.61. The quantitative estimate of drug-likeness (QED) is 0.784. The van der Waals surface area contributed by atoms with E-state index >= 15 is 0 Å². The molecule has 0 aliphatic rings. The van der Waals surface area contributed by atoms with E-state index in [-0.39, 0.29) is 6.42 Å². The number of carboxylic acid groups (broad SMARTS) is 1. The van der Waals surface area contributed by atoms with Crippen molar-refractivity contribution < 1.29 is 14.6 Å². The minimum atomic E-state index is -0.919. The Morgan fingerprint density at radius 2 is 2.00 bits per heavy atom. The van der Waals surface area contributed by atoms with E-state index in [1.807, 2.05) is 42.5 Å². The molecule has 0 amide bonds. The maximum atomic E-state index is 11.0. The first-order valence-electron chi connectivity index (χ1n) is 7.04. The van der Waals surface area contributed by atoms with E-state index in [4.69, 9.17) is 9.84 Å². The number of pyridine rings is 1. The molecule has 3 aromatic rings. The number of carboxylic acids is 1. The highest BCUT2D eigenvalue weighted by atomic mass is 16.5. The molecule has 0 aliphatic carbocycles. The Morgan fingerprint density at radius 1 is 1.22 bits per heavy atom. The van der Waals surface area contributed by atoms with Gasteiger partial charge in [0, 0.05) is 11.8 Å². The van der Waals surface area contributed by atoms with Crippen LogP contribution in [0.15, 0.2) is 54.7 Å². The lowest BCUT2D eigenvalue weighted by atomic mass is 10.1. The Labute approximate surface area is 133 Å². The molecule has 2 aromatic heterocycles. The topological polar surface area (TPSA) is 77.2 Å². The summed E-state index contributed by atoms with van der Waals surface area (Å²) in [4.78, 5) is 15.3. The van der Waals surface area contributed by atoms with Crippen molar-refractivity contribution in [1.29, 1.82) is 0 Å². The number of hydrogen-bond acceptors (Lipinski definition) is 4. The van der Waals surface area contributed by atoms with E-state index in [2.05, 4.69) is 10.1 Å². The lowest BCUT2D eigenvalue weighted by Gasteiger charge is -2.07. The molecule has 6 heteroatoms. The number of ether oxygens (including phenoxy) is 1. The van der Waals surface area contributed by atoms with Crippen molar-refractivity contribution in [3.05, 3.63) is 60.4 Å². The van der Waals surface area contributed by atoms with Gasteiger partial charge in [-0.2, -0.15) is 5.10 Å². The van der Waals surface area contributed by atoms with Crippen LogP contribution >= 0.6 is 0 Å². The van der Waals surface area contributed by atoms with Crippen LogP contribution in [-0.2, 0) is 11.2 Å². The molecule has 3 rings (SSSR count). The van der Waals surface area contributed by atoms with Crippen molar-refractivity contribution in [2.24, 2.45) is 0 Å². The van der Waals surface area contributed by atoms with Gasteiger partial charge in [0.05, 0.1) is 24.9 Å². The van der Waals surface area contributed by atoms with Crippen LogP contribution in [0.25, 0.3) is 17.1 Å². The maximum absolute atomic E-state index is 11.0. The van der Waals surface area contributed by atoms with E-state index in [1.54, 1.807) is 24.1 Å². The molecule has 6 nitrogen and oxygen atoms in total. The van der Waals surface area contributed by atoms with Gasteiger partial charge in [0.25, 0.3) is 0 Å². The van der Waals surface area contributed by atoms with Gasteiger partial charge in [0.1, 0.15) is 5.75 Å². The van der Waals surface area contributed by atoms with Gasteiger partial charge >= 0.3 is 5.97 Å². The fourth-order valence-corrected chi connectivity index (χ4v) is 2.29. The van der Waals surface area contributed by atoms with Crippen LogP contribution in [0.2, 0.25) is 0 Å². The molecule has 0 bridgehead atoms. The second-order valence-corrected chi connectivity index (χ2v) is 4.92. The Hall–Kier alpha value is -3.15. The van der Waals surface area contributed by atoms with Crippen LogP contribution in [0.3, 0.4) is 0 Å². The number of methoxy groups -OCH3 is 1. The minimum absolute atomic E-state index is 0.136. The third-order valence-electron chi connectivity index (χ3n) is 3.34. The number of rotatable bonds is 5. The highest BCUT2D eigenvalue weighted by Crippen LogP contribution is 2.25. The second-order valence-electron chi connectivity index (χ2n) is 4.92. The predicted molar refractivity (Wildman–Crippen MR) is 84.7 cm³/mol. The zero-order valence-corrected chi connectivity index (χ0v) is 12.5. The number of benzene rings is 1. The molecule has 0 saturated heterocycles. The molecule has 1 aromatic carbocycles. The molecular weight excluding hydrogens is 294 g/mol. The average molecular weight is 309 g/mol. The summed E-state index contributed by atoms with van der Waals surface area (Å²) in [6.07, 6.45) is 1.54. The van der Waals surface area contributed by atoms with Gasteiger partial charge in [-0.3, -0.25) is 4.79 Å². The van der Waals surface area contributed by atoms with Crippen molar-refractivity contribution in [2.75, 3.05) is 7.11 Å². The van der Waals surface area contributed by atoms with E-state index in [0.29, 0.717) is 11.5 Å². The Kier molecular flexibility index (Phi) is 4.05. The second kappa shape index (κ2) is 6.31. The fraction of sp³-hybridized carbons (Fsp3) is 0.118. The van der Waals surface area contributed by atoms with Crippen molar-refractivity contribution in [2.45, 2.75) is 6.42 Å². The highest BCUT2D eigenvalue weighted by Gasteiger charge is 2.14. The van der Waals surface area contributed by atoms with Gasteiger partial charge in [-0.1, -0.05) is 6.07 Å². The Bertz CT molecular complexity index is 811. The summed E-state index contributed by atoms with van der Waals surface area (Å²) in [6, 6.07) is 14.8. The van der Waals surface area contributed by atoms with Crippen molar-refractivity contribution in [1.82, 2.24) is 14.8 Å². The third-order valence-corrected chi connectivity index (χ3v) is 3.34. The van der Waals surface area contributed by atoms with Crippen LogP contribution in [0.5, 0.6) is 5.75 Å². The van der Waals surface area contributed by atoms with E-state index < -0.39 is 5.97 Å². The molecule has 0 spiro atoms. The summed E-state index contributed by atoms with van der Waals surface area (Å²) >= 11 is 0. The molecule has 0 unspecified atom stereocenters. The van der Waals surface area contributed by atoms with Crippen molar-refractivity contribution in [3.8, 4) is 22.8 Å². The molecular formula is C17H15N3O3. The predicted octanol–water partition coefficient (Wildman–Crippen LogP) is 2.57. The van der Waals surface area contributed by atoms with Crippen molar-refractivity contribution >= 4 is 5.97 Å². The summed E-state index contributed by atoms with van der Waals surface area (Å²) in [5.41, 5.74) is 2.16. The Balaban J connectivity index is 2.09. The zero-order valence-electron chi connectivity index (χ0n) is 12.5. The molecule has 0 radical (unpaired) electrons. The van der Waals surface area contributed by atoms with Gasteiger partial charge in [-0.15, -0.1) is 0 Å². The van der Waals surface area contributed by atoms with E-state index in [9.17, 15) is 4.79 Å². The fourth-order valence-electron chi connectivity index (χ4n) is 2.29. The number of carbonyl (C=O) groups is 1. The van der Waals surface area contributed by atoms with Crippen LogP contribution < -0.4 is 4.74 Å². The first-order chi connectivity index (χ1) is 11.2. The summed E-state index contributed by atoms with van der Waals surface area (Å²) < 4.78 is 6.82. The molecule has 0 atom stereocenters. The number of nitrogens with zero attached hydrogens (tertiary/aromatic N) is 3. The molecule has 23 heavy (non-hydrogen) atoms. The molecule has 116 valence electrons. The molecule has 0 aliphatic heterocycles. The van der Waals surface area contributed by atoms with E-state index in [1.165, 1.54) is 0 Å². The smallest absolute Gasteiger partial charge is 0.309 e. The number of hydrogen-bond donors (Lipinski definition) is 1. The lowest BCUT2D eigenvalue weighted by molar-refractivity contribution is -0.136. The van der Waals surface area contributed by atoms with Crippen LogP contribution in [0.4, 0.5) is 0 Å². The van der Waals surface area contributed by atoms with Crippen molar-refractivity contribution in [3.63, 3.8) is 0 Å². The minimum Gasteiger partial charge on any atom is -0.497 e. The third kappa shape index (κ3) is 3.21. The average Bonchev–Trinajstić information content (AvgIpc) is 2.99. The molecule has 0 fully saturated rings. The van der Waals surface area contributed by atoms with Gasteiger partial charge in [-0.05, 0) is 42.5 Å². The summed E-state index contributed by atoms with van der Waals surface area (Å²) in [6.45, 7) is 0. The van der Waals surface area contributed by atoms with Gasteiger partial charge < -0.3 is 9.84 Å². The molecule has 2 heterocycles. The van der Waals surface area contributed by atoms with Gasteiger partial charge in [0.15, 0.2) is 5.82 Å². The zero-order chi connectivity index (χ0) is 16.2. The van der Waals surface area contributed by atoms with Crippen LogP contribution in [-0.4, -0.2) is 33.0 Å². The number of aromatic nitrogens is 3. The van der Waals surface area contributed by atoms with Gasteiger partial charge in [-0.25, -0.2) is 9.67 Å². The molecule has 1 N–H and O–H groups in total. The van der Waals surface area contributed by atoms with Crippen LogP contribution in [0, 0.1) is 0 Å². The molecule has 0 saturated carbocycles. The first-order valence-corrected chi connectivity index (χ1v) is 7.04. The monoisotopic (exact) mass is 309 g/mol. The lowest BCUT2D eigenvalue weighted by Crippen LogP contribution is -2.04. The summed E-state index contributed by atoms with van der Waals surface area (Å²) in [5, 5.41) is 13.4. The normalized spacial score (nSPS) is 10.5. The maximum Gasteiger partial charge on any atom is 0.309 e. The van der Waals surface area contributed by atoms with Crippen LogP contribution in [0.1, 0.15) is 5.69 Å². The number of aliphatic carboxylic acids is 1. The standard InChI is InChI=1S/C17H15N3O3/c1-23-14-7-5-12(6-8-14)15-10-13(11-17(21)22)19-20(15)16-4-2-3-9-18-16/h2-10H,11H2,1H3,(H,21,22). The Morgan fingerprint density at radius 3 is 2.61 bits per heavy atom. The first kappa shape index (κ1) is 14.8. The van der Waals surface area contributed by atoms with Gasteiger partial charge in [0.2, 0.25) is 0 Å². The van der Waals surface area contributed by atoms with E-state index in [0.717, 1.165) is 17.0 Å². The largest absolute Gasteiger partial charge is 0.497 e. The highest BCUT2D eigenvalue weighted by molar-refractivity contribution is 5.71. The summed E-state index contributed by atoms with van der Waals surface area (Å²) in [5.74, 6) is 0.468.